The maximum absolute atomic E-state index is 12.7. The van der Waals surface area contributed by atoms with E-state index in [-0.39, 0.29) is 43.7 Å². The Labute approximate surface area is 196 Å². The molecular formula is C25H25N5O4. The molecule has 9 heteroatoms. The number of pyridine rings is 1. The van der Waals surface area contributed by atoms with Crippen LogP contribution in [0.1, 0.15) is 23.2 Å². The van der Waals surface area contributed by atoms with Crippen LogP contribution in [0.2, 0.25) is 0 Å². The highest BCUT2D eigenvalue weighted by Crippen LogP contribution is 2.23. The molecule has 3 aromatic rings. The van der Waals surface area contributed by atoms with Crippen molar-refractivity contribution >= 4 is 46.0 Å². The third-order valence-electron chi connectivity index (χ3n) is 5.77. The molecule has 0 atom stereocenters. The molecule has 4 rings (SSSR count). The summed E-state index contributed by atoms with van der Waals surface area (Å²) in [6.07, 6.45) is 0.201. The molecular weight excluding hydrogens is 434 g/mol. The van der Waals surface area contributed by atoms with E-state index in [2.05, 4.69) is 20.9 Å². The molecule has 34 heavy (non-hydrogen) atoms. The first kappa shape index (κ1) is 22.9. The number of carbonyl (C=O) groups excluding carboxylic acids is 4. The number of nitrogens with zero attached hydrogens (tertiary/aromatic N) is 2. The Hall–Kier alpha value is -4.27. The lowest BCUT2D eigenvalue weighted by atomic mass is 9.99. The van der Waals surface area contributed by atoms with Gasteiger partial charge in [-0.1, -0.05) is 18.2 Å². The quantitative estimate of drug-likeness (QED) is 0.469. The molecule has 0 bridgehead atoms. The van der Waals surface area contributed by atoms with Gasteiger partial charge in [0, 0.05) is 35.4 Å². The minimum absolute atomic E-state index is 0.00383. The van der Waals surface area contributed by atoms with Crippen molar-refractivity contribution in [3.05, 3.63) is 65.4 Å². The van der Waals surface area contributed by atoms with Gasteiger partial charge in [0.25, 0.3) is 0 Å². The molecule has 2 aromatic carbocycles. The van der Waals surface area contributed by atoms with Crippen molar-refractivity contribution in [2.45, 2.75) is 26.7 Å². The zero-order chi connectivity index (χ0) is 24.2. The van der Waals surface area contributed by atoms with E-state index < -0.39 is 6.03 Å². The van der Waals surface area contributed by atoms with Gasteiger partial charge in [0.15, 0.2) is 0 Å². The second kappa shape index (κ2) is 9.70. The van der Waals surface area contributed by atoms with Crippen molar-refractivity contribution in [3.8, 4) is 0 Å². The van der Waals surface area contributed by atoms with Gasteiger partial charge in [0.05, 0.1) is 18.5 Å². The molecule has 1 aliphatic rings. The van der Waals surface area contributed by atoms with Crippen LogP contribution in [0, 0.1) is 13.8 Å². The number of para-hydroxylation sites is 1. The second-order valence-electron chi connectivity index (χ2n) is 8.12. The second-order valence-corrected chi connectivity index (χ2v) is 8.12. The van der Waals surface area contributed by atoms with Crippen molar-refractivity contribution < 1.29 is 19.2 Å². The first-order valence-electron chi connectivity index (χ1n) is 10.9. The summed E-state index contributed by atoms with van der Waals surface area (Å²) in [5.74, 6) is -0.824. The van der Waals surface area contributed by atoms with Crippen molar-refractivity contribution in [2.24, 2.45) is 0 Å². The highest BCUT2D eigenvalue weighted by Gasteiger charge is 2.28. The van der Waals surface area contributed by atoms with Crippen molar-refractivity contribution in [2.75, 3.05) is 23.7 Å². The lowest BCUT2D eigenvalue weighted by molar-refractivity contribution is -0.125. The van der Waals surface area contributed by atoms with Crippen molar-refractivity contribution in [1.82, 2.24) is 15.2 Å². The molecule has 0 unspecified atom stereocenters. The van der Waals surface area contributed by atoms with Crippen LogP contribution in [0.3, 0.4) is 0 Å². The van der Waals surface area contributed by atoms with Gasteiger partial charge in [0.1, 0.15) is 0 Å². The van der Waals surface area contributed by atoms with Crippen LogP contribution in [-0.2, 0) is 20.8 Å². The number of carbonyl (C=O) groups is 4. The highest BCUT2D eigenvalue weighted by molar-refractivity contribution is 6.02. The molecule has 0 saturated carbocycles. The predicted molar refractivity (Wildman–Crippen MR) is 128 cm³/mol. The number of nitrogens with one attached hydrogen (secondary N) is 3. The molecule has 0 spiro atoms. The van der Waals surface area contributed by atoms with Crippen molar-refractivity contribution in [3.63, 3.8) is 0 Å². The number of anilines is 2. The predicted octanol–water partition coefficient (Wildman–Crippen LogP) is 2.91. The fourth-order valence-electron chi connectivity index (χ4n) is 3.95. The smallest absolute Gasteiger partial charge is 0.324 e. The fourth-order valence-corrected chi connectivity index (χ4v) is 3.95. The number of hydrogen-bond donors (Lipinski definition) is 3. The molecule has 5 amide bonds. The molecule has 9 nitrogen and oxygen atoms in total. The molecule has 1 saturated heterocycles. The maximum atomic E-state index is 12.7. The highest BCUT2D eigenvalue weighted by atomic mass is 16.2. The molecule has 3 N–H and O–H groups in total. The summed E-state index contributed by atoms with van der Waals surface area (Å²) in [4.78, 5) is 53.5. The first-order valence-corrected chi connectivity index (χ1v) is 10.9. The normalized spacial score (nSPS) is 13.2. The molecule has 2 heterocycles. The monoisotopic (exact) mass is 459 g/mol. The van der Waals surface area contributed by atoms with Gasteiger partial charge < -0.3 is 16.0 Å². The molecule has 1 aromatic heterocycles. The van der Waals surface area contributed by atoms with Crippen LogP contribution in [0.15, 0.2) is 48.5 Å². The van der Waals surface area contributed by atoms with Gasteiger partial charge in [-0.05, 0) is 55.3 Å². The summed E-state index contributed by atoms with van der Waals surface area (Å²) >= 11 is 0. The Balaban J connectivity index is 1.32. The fraction of sp³-hybridized carbons (Fsp3) is 0.240. The molecule has 0 aliphatic carbocycles. The van der Waals surface area contributed by atoms with Gasteiger partial charge in [-0.15, -0.1) is 0 Å². The SMILES string of the molecule is Cc1nc2ccccc2c(C)c1CC(=O)Nc1ccc(NC(=O)CCN2C(=O)CNC2=O)cc1. The largest absolute Gasteiger partial charge is 0.329 e. The van der Waals surface area contributed by atoms with Crippen LogP contribution in [0.5, 0.6) is 0 Å². The molecule has 0 radical (unpaired) electrons. The van der Waals surface area contributed by atoms with Gasteiger partial charge >= 0.3 is 6.03 Å². The summed E-state index contributed by atoms with van der Waals surface area (Å²) in [6.45, 7) is 3.89. The lowest BCUT2D eigenvalue weighted by Gasteiger charge is -2.13. The average Bonchev–Trinajstić information content (AvgIpc) is 3.13. The first-order chi connectivity index (χ1) is 16.3. The number of urea groups is 1. The zero-order valence-corrected chi connectivity index (χ0v) is 19.0. The summed E-state index contributed by atoms with van der Waals surface area (Å²) in [5, 5.41) is 9.04. The minimum Gasteiger partial charge on any atom is -0.329 e. The summed E-state index contributed by atoms with van der Waals surface area (Å²) < 4.78 is 0. The van der Waals surface area contributed by atoms with E-state index in [4.69, 9.17) is 0 Å². The maximum Gasteiger partial charge on any atom is 0.324 e. The number of rotatable bonds is 7. The van der Waals surface area contributed by atoms with Crippen LogP contribution in [0.25, 0.3) is 10.9 Å². The van der Waals surface area contributed by atoms with Gasteiger partial charge in [-0.2, -0.15) is 0 Å². The number of aromatic nitrogens is 1. The van der Waals surface area contributed by atoms with Gasteiger partial charge in [0.2, 0.25) is 17.7 Å². The Morgan fingerprint density at radius 3 is 2.26 bits per heavy atom. The molecule has 1 aliphatic heterocycles. The van der Waals surface area contributed by atoms with E-state index in [1.807, 2.05) is 38.1 Å². The van der Waals surface area contributed by atoms with E-state index in [1.165, 1.54) is 0 Å². The number of aryl methyl sites for hydroxylation is 2. The molecule has 174 valence electrons. The minimum atomic E-state index is -0.484. The summed E-state index contributed by atoms with van der Waals surface area (Å²) in [5.41, 5.74) is 4.85. The Morgan fingerprint density at radius 1 is 0.971 bits per heavy atom. The summed E-state index contributed by atoms with van der Waals surface area (Å²) in [6, 6.07) is 14.1. The van der Waals surface area contributed by atoms with Crippen LogP contribution < -0.4 is 16.0 Å². The number of amides is 5. The topological polar surface area (TPSA) is 120 Å². The van der Waals surface area contributed by atoms with E-state index in [1.54, 1.807) is 24.3 Å². The van der Waals surface area contributed by atoms with Crippen LogP contribution in [0.4, 0.5) is 16.2 Å². The Morgan fingerprint density at radius 2 is 1.62 bits per heavy atom. The van der Waals surface area contributed by atoms with E-state index >= 15 is 0 Å². The van der Waals surface area contributed by atoms with Gasteiger partial charge in [-0.3, -0.25) is 24.3 Å². The van der Waals surface area contributed by atoms with Gasteiger partial charge in [-0.25, -0.2) is 4.79 Å². The Kier molecular flexibility index (Phi) is 6.53. The zero-order valence-electron chi connectivity index (χ0n) is 19.0. The standard InChI is InChI=1S/C25H25N5O4/c1-15-19-5-3-4-6-21(19)27-16(2)20(15)13-23(32)29-18-9-7-17(8-10-18)28-22(31)11-12-30-24(33)14-26-25(30)34/h3-10H,11-14H2,1-2H3,(H,26,34)(H,28,31)(H,29,32). The van der Waals surface area contributed by atoms with Crippen molar-refractivity contribution in [1.29, 1.82) is 0 Å². The van der Waals surface area contributed by atoms with E-state index in [9.17, 15) is 19.2 Å². The lowest BCUT2D eigenvalue weighted by Crippen LogP contribution is -2.33. The third-order valence-corrected chi connectivity index (χ3v) is 5.77. The Bertz CT molecular complexity index is 1270. The third kappa shape index (κ3) is 5.03. The number of imide groups is 1. The number of fused-ring (bicyclic) bond motifs is 1. The summed E-state index contributed by atoms with van der Waals surface area (Å²) in [7, 11) is 0. The van der Waals surface area contributed by atoms with Crippen LogP contribution >= 0.6 is 0 Å². The molecule has 1 fully saturated rings. The average molecular weight is 460 g/mol. The van der Waals surface area contributed by atoms with Crippen LogP contribution in [-0.4, -0.2) is 46.7 Å². The van der Waals surface area contributed by atoms with E-state index in [0.29, 0.717) is 11.4 Å². The number of benzene rings is 2. The number of hydrogen-bond acceptors (Lipinski definition) is 5. The van der Waals surface area contributed by atoms with E-state index in [0.717, 1.165) is 32.6 Å².